The van der Waals surface area contributed by atoms with Gasteiger partial charge in [-0.3, -0.25) is 10.1 Å². The van der Waals surface area contributed by atoms with Gasteiger partial charge in [-0.2, -0.15) is 0 Å². The second-order valence-electron chi connectivity index (χ2n) is 4.54. The van der Waals surface area contributed by atoms with E-state index in [0.717, 1.165) is 19.4 Å². The molecular formula is C13H16Cl2N2O2. The van der Waals surface area contributed by atoms with E-state index in [1.807, 2.05) is 0 Å². The highest BCUT2D eigenvalue weighted by molar-refractivity contribution is 6.35. The first-order chi connectivity index (χ1) is 9.08. The van der Waals surface area contributed by atoms with Crippen LogP contribution in [0.15, 0.2) is 18.2 Å². The van der Waals surface area contributed by atoms with E-state index in [9.17, 15) is 4.79 Å². The lowest BCUT2D eigenvalue weighted by Gasteiger charge is -2.19. The highest BCUT2D eigenvalue weighted by atomic mass is 35.5. The number of primary amides is 1. The minimum atomic E-state index is -0.631. The second kappa shape index (κ2) is 6.57. The SMILES string of the molecule is NC(=O)C(NCC1CCCO1)c1ccc(Cl)cc1Cl. The minimum absolute atomic E-state index is 0.132. The fourth-order valence-electron chi connectivity index (χ4n) is 2.15. The van der Waals surface area contributed by atoms with Crippen molar-refractivity contribution in [1.29, 1.82) is 0 Å². The predicted molar refractivity (Wildman–Crippen MR) is 75.4 cm³/mol. The number of amides is 1. The Labute approximate surface area is 122 Å². The van der Waals surface area contributed by atoms with Crippen LogP contribution in [0.4, 0.5) is 0 Å². The van der Waals surface area contributed by atoms with E-state index in [4.69, 9.17) is 33.7 Å². The van der Waals surface area contributed by atoms with Crippen LogP contribution in [0.1, 0.15) is 24.4 Å². The Morgan fingerprint density at radius 2 is 2.32 bits per heavy atom. The smallest absolute Gasteiger partial charge is 0.239 e. The third kappa shape index (κ3) is 3.83. The number of benzene rings is 1. The quantitative estimate of drug-likeness (QED) is 0.877. The maximum atomic E-state index is 11.6. The van der Waals surface area contributed by atoms with Gasteiger partial charge in [0.25, 0.3) is 0 Å². The largest absolute Gasteiger partial charge is 0.377 e. The summed E-state index contributed by atoms with van der Waals surface area (Å²) < 4.78 is 5.50. The van der Waals surface area contributed by atoms with Crippen LogP contribution in [0.5, 0.6) is 0 Å². The van der Waals surface area contributed by atoms with E-state index >= 15 is 0 Å². The van der Waals surface area contributed by atoms with Gasteiger partial charge in [0.2, 0.25) is 5.91 Å². The topological polar surface area (TPSA) is 64.4 Å². The average Bonchev–Trinajstić information content (AvgIpc) is 2.84. The lowest BCUT2D eigenvalue weighted by Crippen LogP contribution is -2.37. The molecule has 0 radical (unpaired) electrons. The molecule has 0 spiro atoms. The summed E-state index contributed by atoms with van der Waals surface area (Å²) in [6, 6.07) is 4.37. The van der Waals surface area contributed by atoms with Crippen LogP contribution < -0.4 is 11.1 Å². The van der Waals surface area contributed by atoms with Crippen molar-refractivity contribution in [3.05, 3.63) is 33.8 Å². The molecule has 1 saturated heterocycles. The van der Waals surface area contributed by atoms with Gasteiger partial charge in [-0.05, 0) is 30.5 Å². The summed E-state index contributed by atoms with van der Waals surface area (Å²) >= 11 is 11.9. The molecule has 0 aromatic heterocycles. The Bertz CT molecular complexity index is 462. The van der Waals surface area contributed by atoms with Crippen molar-refractivity contribution >= 4 is 29.1 Å². The number of nitrogens with one attached hydrogen (secondary N) is 1. The van der Waals surface area contributed by atoms with Gasteiger partial charge in [0.05, 0.1) is 6.10 Å². The molecule has 104 valence electrons. The molecule has 2 unspecified atom stereocenters. The minimum Gasteiger partial charge on any atom is -0.377 e. The third-order valence-corrected chi connectivity index (χ3v) is 3.69. The van der Waals surface area contributed by atoms with Gasteiger partial charge < -0.3 is 10.5 Å². The lowest BCUT2D eigenvalue weighted by atomic mass is 10.1. The molecule has 1 aromatic carbocycles. The number of rotatable bonds is 5. The van der Waals surface area contributed by atoms with Gasteiger partial charge in [0, 0.05) is 23.2 Å². The first-order valence-electron chi connectivity index (χ1n) is 6.17. The fraction of sp³-hybridized carbons (Fsp3) is 0.462. The van der Waals surface area contributed by atoms with Crippen molar-refractivity contribution in [2.24, 2.45) is 5.73 Å². The molecule has 0 aliphatic carbocycles. The second-order valence-corrected chi connectivity index (χ2v) is 5.39. The Hall–Kier alpha value is -0.810. The molecule has 1 heterocycles. The number of halogens is 2. The maximum Gasteiger partial charge on any atom is 0.239 e. The molecule has 19 heavy (non-hydrogen) atoms. The number of ether oxygens (including phenoxy) is 1. The summed E-state index contributed by atoms with van der Waals surface area (Å²) in [6.07, 6.45) is 2.18. The van der Waals surface area contributed by atoms with Gasteiger partial charge in [0.1, 0.15) is 6.04 Å². The summed E-state index contributed by atoms with van der Waals surface area (Å²) in [5, 5.41) is 4.06. The Morgan fingerprint density at radius 3 is 2.89 bits per heavy atom. The van der Waals surface area contributed by atoms with E-state index in [-0.39, 0.29) is 6.10 Å². The molecule has 0 bridgehead atoms. The average molecular weight is 303 g/mol. The van der Waals surface area contributed by atoms with Gasteiger partial charge in [-0.15, -0.1) is 0 Å². The zero-order valence-corrected chi connectivity index (χ0v) is 11.9. The first-order valence-corrected chi connectivity index (χ1v) is 6.93. The van der Waals surface area contributed by atoms with Crippen LogP contribution in [0.2, 0.25) is 10.0 Å². The first kappa shape index (κ1) is 14.6. The highest BCUT2D eigenvalue weighted by Gasteiger charge is 2.23. The fourth-order valence-corrected chi connectivity index (χ4v) is 2.67. The van der Waals surface area contributed by atoms with Crippen molar-refractivity contribution in [3.8, 4) is 0 Å². The summed E-state index contributed by atoms with van der Waals surface area (Å²) in [5.74, 6) is -0.470. The van der Waals surface area contributed by atoms with Gasteiger partial charge >= 0.3 is 0 Å². The third-order valence-electron chi connectivity index (χ3n) is 3.13. The summed E-state index contributed by atoms with van der Waals surface area (Å²) in [7, 11) is 0. The monoisotopic (exact) mass is 302 g/mol. The summed E-state index contributed by atoms with van der Waals surface area (Å²) in [5.41, 5.74) is 6.06. The van der Waals surface area contributed by atoms with Crippen LogP contribution in [0.3, 0.4) is 0 Å². The lowest BCUT2D eigenvalue weighted by molar-refractivity contribution is -0.120. The van der Waals surface area contributed by atoms with Crippen molar-refractivity contribution in [3.63, 3.8) is 0 Å². The molecule has 1 aromatic rings. The van der Waals surface area contributed by atoms with Crippen LogP contribution in [0, 0.1) is 0 Å². The normalized spacial score (nSPS) is 20.4. The van der Waals surface area contributed by atoms with Gasteiger partial charge in [-0.1, -0.05) is 29.3 Å². The number of carbonyl (C=O) groups is 1. The molecule has 2 rings (SSSR count). The number of carbonyl (C=O) groups excluding carboxylic acids is 1. The molecular weight excluding hydrogens is 287 g/mol. The molecule has 0 saturated carbocycles. The van der Waals surface area contributed by atoms with Gasteiger partial charge in [-0.25, -0.2) is 0 Å². The van der Waals surface area contributed by atoms with Crippen LogP contribution in [-0.4, -0.2) is 25.2 Å². The van der Waals surface area contributed by atoms with Crippen LogP contribution in [-0.2, 0) is 9.53 Å². The molecule has 3 N–H and O–H groups in total. The van der Waals surface area contributed by atoms with Crippen LogP contribution >= 0.6 is 23.2 Å². The molecule has 2 atom stereocenters. The van der Waals surface area contributed by atoms with E-state index < -0.39 is 11.9 Å². The number of hydrogen-bond donors (Lipinski definition) is 2. The van der Waals surface area contributed by atoms with E-state index in [1.54, 1.807) is 18.2 Å². The Kier molecular flexibility index (Phi) is 5.05. The molecule has 1 aliphatic rings. The van der Waals surface area contributed by atoms with Crippen molar-refractivity contribution < 1.29 is 9.53 Å². The molecule has 1 fully saturated rings. The Morgan fingerprint density at radius 1 is 1.53 bits per heavy atom. The van der Waals surface area contributed by atoms with E-state index in [2.05, 4.69) is 5.32 Å². The maximum absolute atomic E-state index is 11.6. The zero-order valence-electron chi connectivity index (χ0n) is 10.4. The van der Waals surface area contributed by atoms with Crippen LogP contribution in [0.25, 0.3) is 0 Å². The van der Waals surface area contributed by atoms with E-state index in [1.165, 1.54) is 0 Å². The molecule has 1 amide bonds. The number of hydrogen-bond acceptors (Lipinski definition) is 3. The molecule has 4 nitrogen and oxygen atoms in total. The highest BCUT2D eigenvalue weighted by Crippen LogP contribution is 2.26. The Balaban J connectivity index is 2.08. The van der Waals surface area contributed by atoms with Gasteiger partial charge in [0.15, 0.2) is 0 Å². The van der Waals surface area contributed by atoms with Crippen molar-refractivity contribution in [2.75, 3.05) is 13.2 Å². The molecule has 6 heteroatoms. The zero-order chi connectivity index (χ0) is 13.8. The summed E-state index contributed by atoms with van der Waals surface area (Å²) in [4.78, 5) is 11.6. The van der Waals surface area contributed by atoms with Crippen molar-refractivity contribution in [2.45, 2.75) is 25.0 Å². The van der Waals surface area contributed by atoms with Crippen molar-refractivity contribution in [1.82, 2.24) is 5.32 Å². The van der Waals surface area contributed by atoms with E-state index in [0.29, 0.717) is 22.2 Å². The summed E-state index contributed by atoms with van der Waals surface area (Å²) in [6.45, 7) is 1.35. The molecule has 1 aliphatic heterocycles. The number of nitrogens with two attached hydrogens (primary N) is 1. The standard InChI is InChI=1S/C13H16Cl2N2O2/c14-8-3-4-10(11(15)6-8)12(13(16)18)17-7-9-2-1-5-19-9/h3-4,6,9,12,17H,1-2,5,7H2,(H2,16,18). The predicted octanol–water partition coefficient (Wildman–Crippen LogP) is 2.29.